The van der Waals surface area contributed by atoms with Crippen LogP contribution in [0.3, 0.4) is 0 Å². The molecule has 1 aliphatic rings. The molecule has 1 aliphatic heterocycles. The van der Waals surface area contributed by atoms with Crippen molar-refractivity contribution in [1.29, 1.82) is 0 Å². The van der Waals surface area contributed by atoms with Crippen LogP contribution in [-0.2, 0) is 4.74 Å². The molecule has 1 heterocycles. The summed E-state index contributed by atoms with van der Waals surface area (Å²) >= 11 is 2.16. The lowest BCUT2D eigenvalue weighted by molar-refractivity contribution is 0.127. The SMILES string of the molecule is CCCC(NCC)C(CC)SC1CCOC1C. The topological polar surface area (TPSA) is 21.3 Å². The van der Waals surface area contributed by atoms with E-state index in [4.69, 9.17) is 4.74 Å². The van der Waals surface area contributed by atoms with Crippen LogP contribution in [0.4, 0.5) is 0 Å². The molecule has 17 heavy (non-hydrogen) atoms. The molecule has 0 radical (unpaired) electrons. The predicted octanol–water partition coefficient (Wildman–Crippen LogP) is 3.45. The third-order valence-electron chi connectivity index (χ3n) is 3.57. The Kier molecular flexibility index (Phi) is 7.56. The number of hydrogen-bond donors (Lipinski definition) is 1. The van der Waals surface area contributed by atoms with Crippen molar-refractivity contribution >= 4 is 11.8 Å². The molecular weight excluding hydrogens is 230 g/mol. The van der Waals surface area contributed by atoms with E-state index in [1.165, 1.54) is 25.7 Å². The van der Waals surface area contributed by atoms with Gasteiger partial charge in [-0.2, -0.15) is 11.8 Å². The highest BCUT2D eigenvalue weighted by atomic mass is 32.2. The molecule has 4 atom stereocenters. The van der Waals surface area contributed by atoms with E-state index in [0.717, 1.165) is 18.4 Å². The molecule has 0 aromatic rings. The molecule has 102 valence electrons. The molecule has 0 aliphatic carbocycles. The third-order valence-corrected chi connectivity index (χ3v) is 5.55. The molecule has 0 aromatic carbocycles. The molecule has 0 bridgehead atoms. The minimum Gasteiger partial charge on any atom is -0.377 e. The standard InChI is InChI=1S/C14H29NOS/c1-5-8-12(15-7-3)13(6-2)17-14-9-10-16-11(14)4/h11-15H,5-10H2,1-4H3. The van der Waals surface area contributed by atoms with Gasteiger partial charge in [-0.25, -0.2) is 0 Å². The van der Waals surface area contributed by atoms with E-state index in [1.54, 1.807) is 0 Å². The zero-order valence-electron chi connectivity index (χ0n) is 11.9. The van der Waals surface area contributed by atoms with E-state index >= 15 is 0 Å². The molecule has 0 amide bonds. The number of rotatable bonds is 8. The number of thioether (sulfide) groups is 1. The van der Waals surface area contributed by atoms with Crippen LogP contribution in [0.15, 0.2) is 0 Å². The average molecular weight is 259 g/mol. The van der Waals surface area contributed by atoms with Crippen molar-refractivity contribution in [2.24, 2.45) is 0 Å². The zero-order valence-corrected chi connectivity index (χ0v) is 12.7. The Morgan fingerprint density at radius 3 is 2.59 bits per heavy atom. The molecule has 3 heteroatoms. The Labute approximate surface area is 111 Å². The maximum Gasteiger partial charge on any atom is 0.0666 e. The average Bonchev–Trinajstić information content (AvgIpc) is 2.71. The normalized spacial score (nSPS) is 28.2. The highest BCUT2D eigenvalue weighted by Gasteiger charge is 2.29. The van der Waals surface area contributed by atoms with E-state index in [0.29, 0.717) is 17.4 Å². The van der Waals surface area contributed by atoms with Gasteiger partial charge < -0.3 is 10.1 Å². The van der Waals surface area contributed by atoms with E-state index < -0.39 is 0 Å². The fraction of sp³-hybridized carbons (Fsp3) is 1.00. The van der Waals surface area contributed by atoms with Crippen molar-refractivity contribution in [1.82, 2.24) is 5.32 Å². The molecule has 1 fully saturated rings. The summed E-state index contributed by atoms with van der Waals surface area (Å²) < 4.78 is 5.67. The molecule has 0 aromatic heterocycles. The molecule has 1 saturated heterocycles. The van der Waals surface area contributed by atoms with Crippen molar-refractivity contribution in [2.75, 3.05) is 13.2 Å². The van der Waals surface area contributed by atoms with E-state index in [2.05, 4.69) is 44.8 Å². The fourth-order valence-electron chi connectivity index (χ4n) is 2.58. The molecule has 4 unspecified atom stereocenters. The lowest BCUT2D eigenvalue weighted by Crippen LogP contribution is -2.39. The summed E-state index contributed by atoms with van der Waals surface area (Å²) in [6.07, 6.45) is 5.49. The van der Waals surface area contributed by atoms with Gasteiger partial charge in [-0.05, 0) is 32.7 Å². The maximum absolute atomic E-state index is 5.67. The van der Waals surface area contributed by atoms with Crippen molar-refractivity contribution in [3.05, 3.63) is 0 Å². The van der Waals surface area contributed by atoms with Crippen LogP contribution in [0.5, 0.6) is 0 Å². The maximum atomic E-state index is 5.67. The Morgan fingerprint density at radius 2 is 2.12 bits per heavy atom. The van der Waals surface area contributed by atoms with Gasteiger partial charge in [0.2, 0.25) is 0 Å². The van der Waals surface area contributed by atoms with Gasteiger partial charge in [0.1, 0.15) is 0 Å². The van der Waals surface area contributed by atoms with Crippen LogP contribution in [0.25, 0.3) is 0 Å². The minimum atomic E-state index is 0.443. The Bertz CT molecular complexity index is 195. The Hall–Kier alpha value is 0.270. The second-order valence-electron chi connectivity index (χ2n) is 4.94. The molecule has 0 spiro atoms. The van der Waals surface area contributed by atoms with Crippen molar-refractivity contribution < 1.29 is 4.74 Å². The molecule has 2 nitrogen and oxygen atoms in total. The second kappa shape index (κ2) is 8.39. The lowest BCUT2D eigenvalue weighted by Gasteiger charge is -2.29. The second-order valence-corrected chi connectivity index (χ2v) is 6.42. The quantitative estimate of drug-likeness (QED) is 0.721. The van der Waals surface area contributed by atoms with Gasteiger partial charge in [0.15, 0.2) is 0 Å². The van der Waals surface area contributed by atoms with Crippen molar-refractivity contribution in [3.8, 4) is 0 Å². The van der Waals surface area contributed by atoms with E-state index in [-0.39, 0.29) is 0 Å². The number of nitrogens with one attached hydrogen (secondary N) is 1. The summed E-state index contributed by atoms with van der Waals surface area (Å²) in [5.74, 6) is 0. The largest absolute Gasteiger partial charge is 0.377 e. The van der Waals surface area contributed by atoms with Gasteiger partial charge in [-0.1, -0.05) is 27.2 Å². The van der Waals surface area contributed by atoms with Crippen LogP contribution in [0.1, 0.15) is 53.4 Å². The monoisotopic (exact) mass is 259 g/mol. The first-order valence-electron chi connectivity index (χ1n) is 7.23. The van der Waals surface area contributed by atoms with Gasteiger partial charge in [0.05, 0.1) is 6.10 Å². The van der Waals surface area contributed by atoms with E-state index in [9.17, 15) is 0 Å². The van der Waals surface area contributed by atoms with Crippen molar-refractivity contribution in [2.45, 2.75) is 76.0 Å². The zero-order chi connectivity index (χ0) is 12.7. The number of ether oxygens (including phenoxy) is 1. The first-order valence-corrected chi connectivity index (χ1v) is 8.17. The molecule has 0 saturated carbocycles. The fourth-order valence-corrected chi connectivity index (χ4v) is 4.18. The van der Waals surface area contributed by atoms with Crippen LogP contribution >= 0.6 is 11.8 Å². The molecule has 1 N–H and O–H groups in total. The van der Waals surface area contributed by atoms with Gasteiger partial charge in [0.25, 0.3) is 0 Å². The smallest absolute Gasteiger partial charge is 0.0666 e. The Morgan fingerprint density at radius 1 is 1.35 bits per heavy atom. The Balaban J connectivity index is 2.48. The highest BCUT2D eigenvalue weighted by molar-refractivity contribution is 8.00. The summed E-state index contributed by atoms with van der Waals surface area (Å²) in [5, 5.41) is 5.11. The first-order chi connectivity index (χ1) is 8.22. The number of hydrogen-bond acceptors (Lipinski definition) is 3. The summed E-state index contributed by atoms with van der Waals surface area (Å²) in [6, 6.07) is 0.674. The lowest BCUT2D eigenvalue weighted by atomic mass is 10.1. The first kappa shape index (κ1) is 15.3. The summed E-state index contributed by atoms with van der Waals surface area (Å²) in [6.45, 7) is 11.1. The highest BCUT2D eigenvalue weighted by Crippen LogP contribution is 2.33. The third kappa shape index (κ3) is 4.80. The molecule has 1 rings (SSSR count). The van der Waals surface area contributed by atoms with Crippen LogP contribution in [0.2, 0.25) is 0 Å². The molecular formula is C14H29NOS. The van der Waals surface area contributed by atoms with Gasteiger partial charge in [0, 0.05) is 23.1 Å². The van der Waals surface area contributed by atoms with Crippen molar-refractivity contribution in [3.63, 3.8) is 0 Å². The minimum absolute atomic E-state index is 0.443. The summed E-state index contributed by atoms with van der Waals surface area (Å²) in [5.41, 5.74) is 0. The van der Waals surface area contributed by atoms with Crippen LogP contribution in [-0.4, -0.2) is 35.8 Å². The van der Waals surface area contributed by atoms with Gasteiger partial charge in [-0.15, -0.1) is 0 Å². The van der Waals surface area contributed by atoms with E-state index in [1.807, 2.05) is 0 Å². The summed E-state index contributed by atoms with van der Waals surface area (Å²) in [7, 11) is 0. The van der Waals surface area contributed by atoms with Crippen LogP contribution < -0.4 is 5.32 Å². The van der Waals surface area contributed by atoms with Gasteiger partial charge in [-0.3, -0.25) is 0 Å². The van der Waals surface area contributed by atoms with Crippen LogP contribution in [0, 0.1) is 0 Å². The summed E-state index contributed by atoms with van der Waals surface area (Å²) in [4.78, 5) is 0. The predicted molar refractivity (Wildman–Crippen MR) is 77.9 cm³/mol. The van der Waals surface area contributed by atoms with Gasteiger partial charge >= 0.3 is 0 Å².